The van der Waals surface area contributed by atoms with Crippen molar-refractivity contribution in [3.8, 4) is 0 Å². The van der Waals surface area contributed by atoms with E-state index >= 15 is 0 Å². The summed E-state index contributed by atoms with van der Waals surface area (Å²) >= 11 is 3.39. The highest BCUT2D eigenvalue weighted by Crippen LogP contribution is 2.40. The van der Waals surface area contributed by atoms with Crippen LogP contribution in [0, 0.1) is 0 Å². The highest BCUT2D eigenvalue weighted by molar-refractivity contribution is 7.10. The van der Waals surface area contributed by atoms with Crippen molar-refractivity contribution < 1.29 is 4.79 Å². The number of hydrogen-bond acceptors (Lipinski definition) is 5. The van der Waals surface area contributed by atoms with Gasteiger partial charge in [0.1, 0.15) is 0 Å². The first-order chi connectivity index (χ1) is 14.6. The third kappa shape index (κ3) is 2.95. The number of rotatable bonds is 3. The van der Waals surface area contributed by atoms with Crippen molar-refractivity contribution in [2.24, 2.45) is 0 Å². The molecule has 1 amide bonds. The Kier molecular flexibility index (Phi) is 4.67. The van der Waals surface area contributed by atoms with Gasteiger partial charge in [-0.15, -0.1) is 22.7 Å². The summed E-state index contributed by atoms with van der Waals surface area (Å²) in [4.78, 5) is 44.7. The molecule has 0 fully saturated rings. The first kappa shape index (κ1) is 19.0. The Labute approximate surface area is 180 Å². The van der Waals surface area contributed by atoms with E-state index in [0.717, 1.165) is 11.3 Å². The number of carbonyl (C=O) groups excluding carboxylic acids is 1. The minimum Gasteiger partial charge on any atom is -0.326 e. The van der Waals surface area contributed by atoms with Gasteiger partial charge in [-0.2, -0.15) is 0 Å². The maximum Gasteiger partial charge on any atom is 0.316 e. The number of fused-ring (bicyclic) bond motifs is 2. The number of nitrogens with one attached hydrogen (secondary N) is 1. The molecule has 0 radical (unpaired) electrons. The average molecular weight is 438 g/mol. The van der Waals surface area contributed by atoms with Crippen LogP contribution in [0.5, 0.6) is 0 Å². The van der Waals surface area contributed by atoms with E-state index in [-0.39, 0.29) is 11.9 Å². The quantitative estimate of drug-likeness (QED) is 0.498. The van der Waals surface area contributed by atoms with Gasteiger partial charge in [0, 0.05) is 28.4 Å². The van der Waals surface area contributed by atoms with Crippen LogP contribution in [0.2, 0.25) is 0 Å². The second-order valence-corrected chi connectivity index (χ2v) is 9.18. The summed E-state index contributed by atoms with van der Waals surface area (Å²) in [5, 5.41) is 4.12. The van der Waals surface area contributed by atoms with E-state index < -0.39 is 11.1 Å². The predicted molar refractivity (Wildman–Crippen MR) is 120 cm³/mol. The molecule has 0 aliphatic carbocycles. The lowest BCUT2D eigenvalue weighted by atomic mass is 9.97. The van der Waals surface area contributed by atoms with E-state index in [9.17, 15) is 14.4 Å². The summed E-state index contributed by atoms with van der Waals surface area (Å²) in [6, 6.07) is 11.2. The summed E-state index contributed by atoms with van der Waals surface area (Å²) in [6.07, 6.45) is 0.834. The van der Waals surface area contributed by atoms with Gasteiger partial charge in [-0.3, -0.25) is 14.4 Å². The number of carbonyl (C=O) groups is 1. The third-order valence-electron chi connectivity index (χ3n) is 5.58. The van der Waals surface area contributed by atoms with E-state index in [0.29, 0.717) is 29.7 Å². The van der Waals surface area contributed by atoms with Crippen LogP contribution in [0.3, 0.4) is 0 Å². The topological polar surface area (TPSA) is 75.2 Å². The van der Waals surface area contributed by atoms with E-state index in [4.69, 9.17) is 0 Å². The number of benzene rings is 1. The van der Waals surface area contributed by atoms with Crippen molar-refractivity contribution in [2.75, 3.05) is 6.54 Å². The van der Waals surface area contributed by atoms with Gasteiger partial charge in [0.15, 0.2) is 0 Å². The number of hydrogen-bond donors (Lipinski definition) is 1. The predicted octanol–water partition coefficient (Wildman–Crippen LogP) is 3.62. The summed E-state index contributed by atoms with van der Waals surface area (Å²) in [5.41, 5.74) is 1.55. The van der Waals surface area contributed by atoms with Crippen LogP contribution < -0.4 is 11.1 Å². The Morgan fingerprint density at radius 3 is 2.80 bits per heavy atom. The monoisotopic (exact) mass is 437 g/mol. The molecule has 1 atom stereocenters. The maximum absolute atomic E-state index is 13.6. The van der Waals surface area contributed by atoms with E-state index in [1.165, 1.54) is 15.0 Å². The van der Waals surface area contributed by atoms with Gasteiger partial charge in [0.2, 0.25) is 0 Å². The molecule has 6 nitrogen and oxygen atoms in total. The molecule has 1 aliphatic rings. The molecule has 3 aromatic heterocycles. The molecule has 4 heterocycles. The van der Waals surface area contributed by atoms with Crippen molar-refractivity contribution >= 4 is 39.6 Å². The number of thiophene rings is 2. The van der Waals surface area contributed by atoms with Gasteiger partial charge in [-0.1, -0.05) is 6.07 Å². The third-order valence-corrected chi connectivity index (χ3v) is 7.50. The minimum atomic E-state index is -0.675. The van der Waals surface area contributed by atoms with Gasteiger partial charge in [0.05, 0.1) is 17.1 Å². The molecule has 0 bridgehead atoms. The Bertz CT molecular complexity index is 1360. The first-order valence-corrected chi connectivity index (χ1v) is 11.5. The molecule has 0 spiro atoms. The molecular weight excluding hydrogens is 418 g/mol. The Hall–Kier alpha value is -2.97. The molecule has 152 valence electrons. The molecule has 1 N–H and O–H groups in total. The zero-order valence-corrected chi connectivity index (χ0v) is 17.9. The van der Waals surface area contributed by atoms with E-state index in [1.807, 2.05) is 23.3 Å². The molecule has 4 aromatic rings. The zero-order chi connectivity index (χ0) is 20.8. The van der Waals surface area contributed by atoms with Crippen LogP contribution in [0.15, 0.2) is 56.7 Å². The van der Waals surface area contributed by atoms with Crippen LogP contribution in [0.25, 0.3) is 11.0 Å². The SMILES string of the molecule is CCn1c(=O)c(=O)[nH]c2cc(C(=O)N3CCc4sccc4[C@H]3c3cccs3)ccc21. The van der Waals surface area contributed by atoms with Crippen LogP contribution >= 0.6 is 22.7 Å². The van der Waals surface area contributed by atoms with Gasteiger partial charge in [-0.05, 0) is 60.0 Å². The van der Waals surface area contributed by atoms with Crippen LogP contribution in [-0.2, 0) is 13.0 Å². The van der Waals surface area contributed by atoms with Gasteiger partial charge >= 0.3 is 11.1 Å². The maximum atomic E-state index is 13.6. The lowest BCUT2D eigenvalue weighted by molar-refractivity contribution is 0.0699. The fourth-order valence-corrected chi connectivity index (χ4v) is 5.94. The smallest absolute Gasteiger partial charge is 0.316 e. The number of aromatic nitrogens is 2. The Morgan fingerprint density at radius 1 is 1.17 bits per heavy atom. The molecule has 0 saturated carbocycles. The van der Waals surface area contributed by atoms with Gasteiger partial charge in [-0.25, -0.2) is 0 Å². The summed E-state index contributed by atoms with van der Waals surface area (Å²) in [5.74, 6) is -0.0813. The molecule has 0 saturated heterocycles. The van der Waals surface area contributed by atoms with Crippen molar-refractivity contribution in [3.63, 3.8) is 0 Å². The van der Waals surface area contributed by atoms with E-state index in [2.05, 4.69) is 22.5 Å². The Morgan fingerprint density at radius 2 is 2.03 bits per heavy atom. The molecule has 0 unspecified atom stereocenters. The van der Waals surface area contributed by atoms with Crippen molar-refractivity contribution in [3.05, 3.63) is 88.7 Å². The van der Waals surface area contributed by atoms with Crippen LogP contribution in [0.1, 0.15) is 38.6 Å². The number of aromatic amines is 1. The van der Waals surface area contributed by atoms with E-state index in [1.54, 1.807) is 40.9 Å². The molecule has 8 heteroatoms. The summed E-state index contributed by atoms with van der Waals surface area (Å²) in [7, 11) is 0. The normalized spacial score (nSPS) is 16.0. The lowest BCUT2D eigenvalue weighted by Crippen LogP contribution is -2.40. The number of amides is 1. The zero-order valence-electron chi connectivity index (χ0n) is 16.3. The second kappa shape index (κ2) is 7.37. The standard InChI is InChI=1S/C22H19N3O3S2/c1-2-24-16-6-5-13(12-15(16)23-20(26)22(24)28)21(27)25-9-7-17-14(8-11-30-17)19(25)18-4-3-10-29-18/h3-6,8,10-12,19H,2,7,9H2,1H3,(H,23,26)/t19-/m0/s1. The van der Waals surface area contributed by atoms with Crippen molar-refractivity contribution in [1.82, 2.24) is 14.5 Å². The largest absolute Gasteiger partial charge is 0.326 e. The number of nitrogens with zero attached hydrogens (tertiary/aromatic N) is 2. The van der Waals surface area contributed by atoms with Crippen LogP contribution in [-0.4, -0.2) is 26.9 Å². The summed E-state index contributed by atoms with van der Waals surface area (Å²) < 4.78 is 1.43. The molecule has 5 rings (SSSR count). The highest BCUT2D eigenvalue weighted by Gasteiger charge is 2.34. The number of H-pyrrole nitrogens is 1. The molecule has 1 aromatic carbocycles. The molecule has 1 aliphatic heterocycles. The van der Waals surface area contributed by atoms with Gasteiger partial charge in [0.25, 0.3) is 5.91 Å². The van der Waals surface area contributed by atoms with Crippen molar-refractivity contribution in [2.45, 2.75) is 25.9 Å². The minimum absolute atomic E-state index is 0.0813. The average Bonchev–Trinajstić information content (AvgIpc) is 3.45. The molecular formula is C22H19N3O3S2. The van der Waals surface area contributed by atoms with Gasteiger partial charge < -0.3 is 14.5 Å². The summed E-state index contributed by atoms with van der Waals surface area (Å²) in [6.45, 7) is 2.84. The van der Waals surface area contributed by atoms with Crippen LogP contribution in [0.4, 0.5) is 0 Å². The Balaban J connectivity index is 1.60. The lowest BCUT2D eigenvalue weighted by Gasteiger charge is -2.35. The fraction of sp³-hybridized carbons (Fsp3) is 0.227. The number of aryl methyl sites for hydroxylation is 1. The fourth-order valence-electron chi connectivity index (χ4n) is 4.18. The first-order valence-electron chi connectivity index (χ1n) is 9.76. The molecule has 30 heavy (non-hydrogen) atoms. The second-order valence-electron chi connectivity index (χ2n) is 7.20. The van der Waals surface area contributed by atoms with Crippen molar-refractivity contribution in [1.29, 1.82) is 0 Å². The highest BCUT2D eigenvalue weighted by atomic mass is 32.1.